The van der Waals surface area contributed by atoms with Crippen LogP contribution in [0.1, 0.15) is 19.3 Å². The van der Waals surface area contributed by atoms with E-state index in [1.54, 1.807) is 0 Å². The van der Waals surface area contributed by atoms with Gasteiger partial charge in [-0.2, -0.15) is 13.2 Å². The Hall–Kier alpha value is -0.820. The molecule has 0 aromatic rings. The van der Waals surface area contributed by atoms with Crippen molar-refractivity contribution in [1.29, 1.82) is 0 Å². The number of hydrogen-bond donors (Lipinski definition) is 1. The van der Waals surface area contributed by atoms with Crippen LogP contribution in [0.3, 0.4) is 0 Å². The normalized spacial score (nSPS) is 23.1. The third kappa shape index (κ3) is 4.81. The van der Waals surface area contributed by atoms with Crippen molar-refractivity contribution in [3.05, 3.63) is 0 Å². The van der Waals surface area contributed by atoms with Crippen molar-refractivity contribution < 1.29 is 27.8 Å². The van der Waals surface area contributed by atoms with Gasteiger partial charge in [0.05, 0.1) is 13.0 Å². The number of carbonyl (C=O) groups is 1. The van der Waals surface area contributed by atoms with E-state index in [0.717, 1.165) is 17.7 Å². The number of carboxylic acid groups (broad SMARTS) is 1. The zero-order valence-electron chi connectivity index (χ0n) is 10.2. The van der Waals surface area contributed by atoms with Crippen LogP contribution in [0.15, 0.2) is 0 Å². The highest BCUT2D eigenvalue weighted by molar-refractivity contribution is 5.67. The molecule has 0 aromatic heterocycles. The minimum Gasteiger partial charge on any atom is -0.481 e. The van der Waals surface area contributed by atoms with E-state index in [1.165, 1.54) is 7.05 Å². The van der Waals surface area contributed by atoms with Crippen molar-refractivity contribution in [3.63, 3.8) is 0 Å². The molecule has 0 saturated carbocycles. The fourth-order valence-corrected chi connectivity index (χ4v) is 2.17. The molecule has 4 nitrogen and oxygen atoms in total. The summed E-state index contributed by atoms with van der Waals surface area (Å²) in [5.74, 6) is -1.40. The number of rotatable bonds is 5. The molecule has 0 amide bonds. The molecule has 0 radical (unpaired) electrons. The molecule has 106 valence electrons. The highest BCUT2D eigenvalue weighted by atomic mass is 19.4. The molecular weight excluding hydrogens is 251 g/mol. The molecule has 1 fully saturated rings. The Balaban J connectivity index is 2.57. The summed E-state index contributed by atoms with van der Waals surface area (Å²) < 4.78 is 43.5. The second kappa shape index (κ2) is 6.38. The monoisotopic (exact) mass is 269 g/mol. The topological polar surface area (TPSA) is 49.8 Å². The van der Waals surface area contributed by atoms with Crippen LogP contribution in [0, 0.1) is 5.92 Å². The van der Waals surface area contributed by atoms with E-state index in [4.69, 9.17) is 9.84 Å². The van der Waals surface area contributed by atoms with Crippen LogP contribution in [0.5, 0.6) is 0 Å². The van der Waals surface area contributed by atoms with E-state index in [-0.39, 0.29) is 12.5 Å². The molecular formula is C11H18F3NO3. The molecule has 1 heterocycles. The zero-order chi connectivity index (χ0) is 13.8. The lowest BCUT2D eigenvalue weighted by molar-refractivity contribution is -0.189. The van der Waals surface area contributed by atoms with Crippen molar-refractivity contribution in [3.8, 4) is 0 Å². The van der Waals surface area contributed by atoms with Gasteiger partial charge < -0.3 is 9.84 Å². The Morgan fingerprint density at radius 2 is 2.22 bits per heavy atom. The van der Waals surface area contributed by atoms with Gasteiger partial charge in [0.15, 0.2) is 0 Å². The Kier molecular flexibility index (Phi) is 5.40. The van der Waals surface area contributed by atoms with Crippen LogP contribution in [-0.2, 0) is 9.53 Å². The second-order valence-corrected chi connectivity index (χ2v) is 4.68. The second-order valence-electron chi connectivity index (χ2n) is 4.68. The zero-order valence-corrected chi connectivity index (χ0v) is 10.2. The minimum atomic E-state index is -4.53. The molecule has 1 aliphatic rings. The van der Waals surface area contributed by atoms with Gasteiger partial charge in [0.25, 0.3) is 0 Å². The number of halogens is 3. The molecule has 2 atom stereocenters. The lowest BCUT2D eigenvalue weighted by atomic mass is 10.0. The van der Waals surface area contributed by atoms with E-state index in [2.05, 4.69) is 0 Å². The number of aliphatic carboxylic acids is 1. The van der Waals surface area contributed by atoms with Crippen LogP contribution in [0.25, 0.3) is 0 Å². The van der Waals surface area contributed by atoms with Gasteiger partial charge in [-0.15, -0.1) is 0 Å². The van der Waals surface area contributed by atoms with Gasteiger partial charge in [0.2, 0.25) is 0 Å². The third-order valence-corrected chi connectivity index (χ3v) is 3.08. The summed E-state index contributed by atoms with van der Waals surface area (Å²) in [4.78, 5) is 11.6. The molecule has 2 unspecified atom stereocenters. The highest BCUT2D eigenvalue weighted by Gasteiger charge is 2.44. The Bertz CT molecular complexity index is 277. The summed E-state index contributed by atoms with van der Waals surface area (Å²) in [7, 11) is 1.32. The summed E-state index contributed by atoms with van der Waals surface area (Å²) in [5, 5.41) is 8.55. The average molecular weight is 269 g/mol. The smallest absolute Gasteiger partial charge is 0.404 e. The lowest BCUT2D eigenvalue weighted by Gasteiger charge is -2.33. The molecule has 0 aromatic carbocycles. The van der Waals surface area contributed by atoms with Crippen molar-refractivity contribution in [2.24, 2.45) is 5.92 Å². The number of nitrogens with zero attached hydrogens (tertiary/aromatic N) is 1. The van der Waals surface area contributed by atoms with E-state index in [1.807, 2.05) is 0 Å². The van der Waals surface area contributed by atoms with Crippen LogP contribution in [-0.4, -0.2) is 55.0 Å². The molecule has 7 heteroatoms. The highest BCUT2D eigenvalue weighted by Crippen LogP contribution is 2.28. The molecule has 0 bridgehead atoms. The predicted octanol–water partition coefficient (Wildman–Crippen LogP) is 1.75. The first-order valence-electron chi connectivity index (χ1n) is 5.87. The van der Waals surface area contributed by atoms with Crippen molar-refractivity contribution in [2.75, 3.05) is 26.8 Å². The first kappa shape index (κ1) is 15.2. The van der Waals surface area contributed by atoms with Gasteiger partial charge in [-0.3, -0.25) is 9.69 Å². The van der Waals surface area contributed by atoms with E-state index >= 15 is 0 Å². The lowest BCUT2D eigenvalue weighted by Crippen LogP contribution is -2.47. The Morgan fingerprint density at radius 3 is 2.67 bits per heavy atom. The Labute approximate surface area is 104 Å². The number of carboxylic acids is 1. The van der Waals surface area contributed by atoms with Gasteiger partial charge in [0.1, 0.15) is 6.04 Å². The summed E-state index contributed by atoms with van der Waals surface area (Å²) in [6.07, 6.45) is -3.79. The summed E-state index contributed by atoms with van der Waals surface area (Å²) in [6.45, 7) is 1.30. The summed E-state index contributed by atoms with van der Waals surface area (Å²) in [5.41, 5.74) is 0. The minimum absolute atomic E-state index is 0.0439. The molecule has 0 aliphatic carbocycles. The molecule has 1 saturated heterocycles. The van der Waals surface area contributed by atoms with Crippen molar-refractivity contribution >= 4 is 5.97 Å². The van der Waals surface area contributed by atoms with Gasteiger partial charge in [-0.25, -0.2) is 0 Å². The van der Waals surface area contributed by atoms with Gasteiger partial charge >= 0.3 is 12.1 Å². The standard InChI is InChI=1S/C11H18F3NO3/c1-15(6-8-3-2-4-18-7-8)9(5-10(16)17)11(12,13)14/h8-9H,2-7H2,1H3,(H,16,17). The summed E-state index contributed by atoms with van der Waals surface area (Å²) >= 11 is 0. The number of hydrogen-bond acceptors (Lipinski definition) is 3. The third-order valence-electron chi connectivity index (χ3n) is 3.08. The number of alkyl halides is 3. The molecule has 1 N–H and O–H groups in total. The SMILES string of the molecule is CN(CC1CCCOC1)C(CC(=O)O)C(F)(F)F. The number of ether oxygens (including phenoxy) is 1. The van der Waals surface area contributed by atoms with Gasteiger partial charge in [-0.05, 0) is 25.8 Å². The largest absolute Gasteiger partial charge is 0.481 e. The van der Waals surface area contributed by atoms with Gasteiger partial charge in [0, 0.05) is 13.2 Å². The van der Waals surface area contributed by atoms with E-state index < -0.39 is 24.6 Å². The first-order valence-corrected chi connectivity index (χ1v) is 5.87. The predicted molar refractivity (Wildman–Crippen MR) is 58.3 cm³/mol. The van der Waals surface area contributed by atoms with Crippen molar-refractivity contribution in [2.45, 2.75) is 31.5 Å². The van der Waals surface area contributed by atoms with Crippen LogP contribution in [0.4, 0.5) is 13.2 Å². The molecule has 1 aliphatic heterocycles. The average Bonchev–Trinajstić information content (AvgIpc) is 2.25. The first-order chi connectivity index (χ1) is 8.30. The maximum absolute atomic E-state index is 12.7. The quantitative estimate of drug-likeness (QED) is 0.826. The van der Waals surface area contributed by atoms with E-state index in [0.29, 0.717) is 13.2 Å². The maximum Gasteiger partial charge on any atom is 0.404 e. The summed E-state index contributed by atoms with van der Waals surface area (Å²) in [6, 6.07) is -1.93. The fourth-order valence-electron chi connectivity index (χ4n) is 2.17. The van der Waals surface area contributed by atoms with Crippen molar-refractivity contribution in [1.82, 2.24) is 4.90 Å². The fraction of sp³-hybridized carbons (Fsp3) is 0.909. The van der Waals surface area contributed by atoms with Crippen LogP contribution < -0.4 is 0 Å². The van der Waals surface area contributed by atoms with Crippen LogP contribution >= 0.6 is 0 Å². The molecule has 1 rings (SSSR count). The Morgan fingerprint density at radius 1 is 1.56 bits per heavy atom. The molecule has 18 heavy (non-hydrogen) atoms. The van der Waals surface area contributed by atoms with Gasteiger partial charge in [-0.1, -0.05) is 0 Å². The maximum atomic E-state index is 12.7. The van der Waals surface area contributed by atoms with E-state index in [9.17, 15) is 18.0 Å². The van der Waals surface area contributed by atoms with Crippen LogP contribution in [0.2, 0.25) is 0 Å². The molecule has 0 spiro atoms.